The van der Waals surface area contributed by atoms with Crippen LogP contribution in [0.3, 0.4) is 0 Å². The molecule has 3 heterocycles. The van der Waals surface area contributed by atoms with Crippen LogP contribution in [0.15, 0.2) is 47.3 Å². The lowest BCUT2D eigenvalue weighted by Gasteiger charge is -2.22. The topological polar surface area (TPSA) is 55.1 Å². The molecule has 0 amide bonds. The first-order chi connectivity index (χ1) is 11.3. The van der Waals surface area contributed by atoms with Crippen molar-refractivity contribution in [1.82, 2.24) is 15.0 Å². The Bertz CT molecular complexity index is 818. The molecule has 0 aliphatic carbocycles. The van der Waals surface area contributed by atoms with E-state index in [4.69, 9.17) is 4.42 Å². The van der Waals surface area contributed by atoms with Crippen LogP contribution in [0.1, 0.15) is 17.9 Å². The minimum Gasteiger partial charge on any atom is -0.439 e. The molecular formula is C17H15FN4O. The minimum absolute atomic E-state index is 0.229. The molecule has 0 unspecified atom stereocenters. The number of nitrogens with zero attached hydrogens (tertiary/aromatic N) is 4. The van der Waals surface area contributed by atoms with Crippen molar-refractivity contribution < 1.29 is 8.81 Å². The van der Waals surface area contributed by atoms with E-state index in [1.54, 1.807) is 30.7 Å². The van der Waals surface area contributed by atoms with E-state index in [2.05, 4.69) is 19.9 Å². The van der Waals surface area contributed by atoms with Crippen molar-refractivity contribution >= 4 is 5.69 Å². The Hall–Kier alpha value is -2.76. The molecule has 5 nitrogen and oxygen atoms in total. The standard InChI is InChI=1S/C17H15FN4O/c18-12-3-1-4-13(9-12)22-8-2-5-16-15(11-22)21-17(23-16)14-10-19-6-7-20-14/h1,3-4,6-7,9-10H,2,5,8,11H2. The highest BCUT2D eigenvalue weighted by Crippen LogP contribution is 2.27. The van der Waals surface area contributed by atoms with Crippen LogP contribution < -0.4 is 4.90 Å². The van der Waals surface area contributed by atoms with Crippen LogP contribution in [0.25, 0.3) is 11.6 Å². The summed E-state index contributed by atoms with van der Waals surface area (Å²) < 4.78 is 19.3. The number of oxazole rings is 1. The Morgan fingerprint density at radius 2 is 2.17 bits per heavy atom. The average molecular weight is 310 g/mol. The molecule has 0 saturated heterocycles. The number of rotatable bonds is 2. The molecule has 4 rings (SSSR count). The van der Waals surface area contributed by atoms with Gasteiger partial charge in [0.2, 0.25) is 5.89 Å². The summed E-state index contributed by atoms with van der Waals surface area (Å²) in [6.07, 6.45) is 6.61. The number of aryl methyl sites for hydroxylation is 1. The zero-order valence-corrected chi connectivity index (χ0v) is 12.4. The first kappa shape index (κ1) is 13.9. The van der Waals surface area contributed by atoms with Crippen LogP contribution in [-0.4, -0.2) is 21.5 Å². The molecule has 1 aromatic carbocycles. The summed E-state index contributed by atoms with van der Waals surface area (Å²) in [5.74, 6) is 1.14. The van der Waals surface area contributed by atoms with E-state index in [-0.39, 0.29) is 5.82 Å². The van der Waals surface area contributed by atoms with Gasteiger partial charge in [-0.25, -0.2) is 14.4 Å². The van der Waals surface area contributed by atoms with E-state index < -0.39 is 0 Å². The lowest BCUT2D eigenvalue weighted by molar-refractivity contribution is 0.511. The summed E-state index contributed by atoms with van der Waals surface area (Å²) in [5, 5.41) is 0. The van der Waals surface area contributed by atoms with E-state index in [1.807, 2.05) is 6.07 Å². The van der Waals surface area contributed by atoms with Crippen LogP contribution in [0.4, 0.5) is 10.1 Å². The van der Waals surface area contributed by atoms with Crippen LogP contribution in [0.2, 0.25) is 0 Å². The van der Waals surface area contributed by atoms with Gasteiger partial charge >= 0.3 is 0 Å². The lowest BCUT2D eigenvalue weighted by atomic mass is 10.2. The first-order valence-corrected chi connectivity index (χ1v) is 7.55. The molecule has 0 bridgehead atoms. The van der Waals surface area contributed by atoms with Gasteiger partial charge in [0.25, 0.3) is 0 Å². The van der Waals surface area contributed by atoms with Crippen molar-refractivity contribution in [3.05, 3.63) is 60.1 Å². The van der Waals surface area contributed by atoms with Gasteiger partial charge in [-0.2, -0.15) is 0 Å². The Morgan fingerprint density at radius 1 is 1.22 bits per heavy atom. The second kappa shape index (κ2) is 5.79. The van der Waals surface area contributed by atoms with Crippen LogP contribution in [0.5, 0.6) is 0 Å². The SMILES string of the molecule is Fc1cccc(N2CCCc3oc(-c4cnccn4)nc3C2)c1. The average Bonchev–Trinajstić information content (AvgIpc) is 2.87. The van der Waals surface area contributed by atoms with Gasteiger partial charge in [0.1, 0.15) is 23.0 Å². The summed E-state index contributed by atoms with van der Waals surface area (Å²) in [4.78, 5) is 15.0. The van der Waals surface area contributed by atoms with Crippen LogP contribution >= 0.6 is 0 Å². The summed E-state index contributed by atoms with van der Waals surface area (Å²) in [6, 6.07) is 6.64. The Labute approximate surface area is 132 Å². The van der Waals surface area contributed by atoms with E-state index in [9.17, 15) is 4.39 Å². The number of hydrogen-bond acceptors (Lipinski definition) is 5. The fourth-order valence-corrected chi connectivity index (χ4v) is 2.80. The Morgan fingerprint density at radius 3 is 3.00 bits per heavy atom. The summed E-state index contributed by atoms with van der Waals surface area (Å²) in [6.45, 7) is 1.44. The van der Waals surface area contributed by atoms with E-state index in [0.29, 0.717) is 18.1 Å². The molecule has 1 aliphatic rings. The van der Waals surface area contributed by atoms with Gasteiger partial charge in [-0.05, 0) is 24.6 Å². The van der Waals surface area contributed by atoms with Crippen molar-refractivity contribution in [3.63, 3.8) is 0 Å². The maximum atomic E-state index is 13.5. The zero-order chi connectivity index (χ0) is 15.6. The molecule has 0 atom stereocenters. The maximum Gasteiger partial charge on any atom is 0.247 e. The number of hydrogen-bond donors (Lipinski definition) is 0. The fourth-order valence-electron chi connectivity index (χ4n) is 2.80. The first-order valence-electron chi connectivity index (χ1n) is 7.55. The van der Waals surface area contributed by atoms with Crippen LogP contribution in [-0.2, 0) is 13.0 Å². The molecule has 1 aliphatic heterocycles. The summed E-state index contributed by atoms with van der Waals surface area (Å²) in [5.41, 5.74) is 2.37. The maximum absolute atomic E-state index is 13.5. The zero-order valence-electron chi connectivity index (χ0n) is 12.4. The van der Waals surface area contributed by atoms with Gasteiger partial charge < -0.3 is 9.32 Å². The van der Waals surface area contributed by atoms with Gasteiger partial charge in [0, 0.05) is 31.0 Å². The summed E-state index contributed by atoms with van der Waals surface area (Å²) in [7, 11) is 0. The van der Waals surface area contributed by atoms with Crippen LogP contribution in [0, 0.1) is 5.82 Å². The molecule has 23 heavy (non-hydrogen) atoms. The van der Waals surface area contributed by atoms with Crippen molar-refractivity contribution in [2.24, 2.45) is 0 Å². The number of fused-ring (bicyclic) bond motifs is 1. The number of halogens is 1. The van der Waals surface area contributed by atoms with Gasteiger partial charge in [0.15, 0.2) is 0 Å². The molecule has 116 valence electrons. The van der Waals surface area contributed by atoms with Crippen molar-refractivity contribution in [2.75, 3.05) is 11.4 Å². The largest absolute Gasteiger partial charge is 0.439 e. The third kappa shape index (κ3) is 2.79. The molecule has 0 fully saturated rings. The Balaban J connectivity index is 1.65. The molecule has 6 heteroatoms. The second-order valence-corrected chi connectivity index (χ2v) is 5.48. The monoisotopic (exact) mass is 310 g/mol. The van der Waals surface area contributed by atoms with Crippen molar-refractivity contribution in [1.29, 1.82) is 0 Å². The molecule has 3 aromatic rings. The number of benzene rings is 1. The number of anilines is 1. The lowest BCUT2D eigenvalue weighted by Crippen LogP contribution is -2.22. The van der Waals surface area contributed by atoms with Gasteiger partial charge in [-0.1, -0.05) is 6.07 Å². The highest BCUT2D eigenvalue weighted by molar-refractivity contribution is 5.49. The highest BCUT2D eigenvalue weighted by Gasteiger charge is 2.21. The highest BCUT2D eigenvalue weighted by atomic mass is 19.1. The Kier molecular flexibility index (Phi) is 3.49. The molecular weight excluding hydrogens is 295 g/mol. The molecule has 0 saturated carbocycles. The quantitative estimate of drug-likeness (QED) is 0.727. The normalized spacial score (nSPS) is 14.4. The predicted molar refractivity (Wildman–Crippen MR) is 83.3 cm³/mol. The third-order valence-corrected chi connectivity index (χ3v) is 3.91. The van der Waals surface area contributed by atoms with E-state index >= 15 is 0 Å². The minimum atomic E-state index is -0.229. The fraction of sp³-hybridized carbons (Fsp3) is 0.235. The van der Waals surface area contributed by atoms with Crippen molar-refractivity contribution in [2.45, 2.75) is 19.4 Å². The van der Waals surface area contributed by atoms with Gasteiger partial charge in [0.05, 0.1) is 12.7 Å². The molecule has 0 radical (unpaired) electrons. The predicted octanol–water partition coefficient (Wildman–Crippen LogP) is 3.22. The van der Waals surface area contributed by atoms with E-state index in [0.717, 1.165) is 36.5 Å². The second-order valence-electron chi connectivity index (χ2n) is 5.48. The molecule has 0 spiro atoms. The van der Waals surface area contributed by atoms with Crippen molar-refractivity contribution in [3.8, 4) is 11.6 Å². The molecule has 2 aromatic heterocycles. The van der Waals surface area contributed by atoms with Gasteiger partial charge in [-0.3, -0.25) is 4.98 Å². The molecule has 0 N–H and O–H groups in total. The summed E-state index contributed by atoms with van der Waals surface area (Å²) >= 11 is 0. The van der Waals surface area contributed by atoms with E-state index in [1.165, 1.54) is 6.07 Å². The smallest absolute Gasteiger partial charge is 0.247 e. The van der Waals surface area contributed by atoms with Gasteiger partial charge in [-0.15, -0.1) is 0 Å². The number of aromatic nitrogens is 3. The third-order valence-electron chi connectivity index (χ3n) is 3.91.